The molecule has 0 spiro atoms. The molecule has 36 heavy (non-hydrogen) atoms. The fourth-order valence-electron chi connectivity index (χ4n) is 4.27. The van der Waals surface area contributed by atoms with Gasteiger partial charge in [0.1, 0.15) is 5.76 Å². The number of benzene rings is 3. The number of hydrogen-bond acceptors (Lipinski definition) is 5. The summed E-state index contributed by atoms with van der Waals surface area (Å²) in [5.74, 6) is -2.77. The van der Waals surface area contributed by atoms with Gasteiger partial charge in [0, 0.05) is 35.5 Å². The first-order chi connectivity index (χ1) is 17.1. The zero-order valence-electron chi connectivity index (χ0n) is 20.0. The molecule has 3 aromatic carbocycles. The summed E-state index contributed by atoms with van der Waals surface area (Å²) in [4.78, 5) is 41.0. The van der Waals surface area contributed by atoms with E-state index in [0.717, 1.165) is 15.7 Å². The van der Waals surface area contributed by atoms with Crippen LogP contribution in [0.5, 0.6) is 0 Å². The second kappa shape index (κ2) is 9.99. The number of carbonyl (C=O) groups excluding carboxylic acids is 2. The number of amides is 1. The van der Waals surface area contributed by atoms with Crippen molar-refractivity contribution in [2.75, 3.05) is 23.9 Å². The Bertz CT molecular complexity index is 1380. The van der Waals surface area contributed by atoms with Gasteiger partial charge >= 0.3 is 5.97 Å². The van der Waals surface area contributed by atoms with E-state index in [4.69, 9.17) is 5.11 Å². The van der Waals surface area contributed by atoms with Crippen LogP contribution in [0.2, 0.25) is 0 Å². The van der Waals surface area contributed by atoms with Gasteiger partial charge in [0.25, 0.3) is 11.7 Å². The van der Waals surface area contributed by atoms with Gasteiger partial charge in [0.05, 0.1) is 18.0 Å². The van der Waals surface area contributed by atoms with Crippen molar-refractivity contribution in [2.45, 2.75) is 19.4 Å². The lowest BCUT2D eigenvalue weighted by Gasteiger charge is -2.26. The van der Waals surface area contributed by atoms with E-state index < -0.39 is 23.7 Å². The number of aliphatic hydroxyl groups is 1. The SMILES string of the molecule is Cc1cc(/C(O)=C2/C(=O)C(=O)N(c3ccc(CC(=O)O)cc3)C2c2ccc(N(C)C)cc2)ccc1Br. The third kappa shape index (κ3) is 4.77. The smallest absolute Gasteiger partial charge is 0.307 e. The number of Topliss-reactive ketones (excluding diaryl/α,β-unsaturated/α-hetero) is 1. The number of hydrogen-bond donors (Lipinski definition) is 2. The summed E-state index contributed by atoms with van der Waals surface area (Å²) in [6, 6.07) is 18.3. The van der Waals surface area contributed by atoms with Crippen LogP contribution in [-0.4, -0.2) is 42.0 Å². The third-order valence-corrected chi connectivity index (χ3v) is 7.06. The lowest BCUT2D eigenvalue weighted by atomic mass is 9.94. The topological polar surface area (TPSA) is 98.2 Å². The van der Waals surface area contributed by atoms with E-state index in [2.05, 4.69) is 15.9 Å². The first-order valence-electron chi connectivity index (χ1n) is 11.2. The maximum atomic E-state index is 13.3. The molecule has 7 nitrogen and oxygen atoms in total. The predicted molar refractivity (Wildman–Crippen MR) is 142 cm³/mol. The number of aryl methyl sites for hydroxylation is 1. The minimum absolute atomic E-state index is 0.00561. The van der Waals surface area contributed by atoms with Crippen molar-refractivity contribution in [3.63, 3.8) is 0 Å². The van der Waals surface area contributed by atoms with Gasteiger partial charge in [-0.2, -0.15) is 0 Å². The van der Waals surface area contributed by atoms with Crippen molar-refractivity contribution in [2.24, 2.45) is 0 Å². The van der Waals surface area contributed by atoms with Crippen molar-refractivity contribution < 1.29 is 24.6 Å². The molecule has 1 atom stereocenters. The molecule has 0 aromatic heterocycles. The van der Waals surface area contributed by atoms with Crippen LogP contribution >= 0.6 is 15.9 Å². The molecule has 0 saturated carbocycles. The molecule has 0 bridgehead atoms. The highest BCUT2D eigenvalue weighted by Gasteiger charge is 2.47. The van der Waals surface area contributed by atoms with Gasteiger partial charge in [-0.25, -0.2) is 0 Å². The molecule has 3 aromatic rings. The number of carboxylic acid groups (broad SMARTS) is 1. The van der Waals surface area contributed by atoms with Gasteiger partial charge in [-0.15, -0.1) is 0 Å². The van der Waals surface area contributed by atoms with Crippen molar-refractivity contribution in [3.05, 3.63) is 99.0 Å². The molecule has 4 rings (SSSR count). The number of ketones is 1. The first kappa shape index (κ1) is 25.2. The molecular weight excluding hydrogens is 524 g/mol. The van der Waals surface area contributed by atoms with Crippen molar-refractivity contribution in [1.82, 2.24) is 0 Å². The number of carbonyl (C=O) groups is 3. The fraction of sp³-hybridized carbons (Fsp3) is 0.179. The van der Waals surface area contributed by atoms with Gasteiger partial charge in [0.2, 0.25) is 0 Å². The van der Waals surface area contributed by atoms with Crippen LogP contribution in [0.25, 0.3) is 5.76 Å². The number of halogens is 1. The van der Waals surface area contributed by atoms with E-state index in [-0.39, 0.29) is 17.8 Å². The summed E-state index contributed by atoms with van der Waals surface area (Å²) in [6.45, 7) is 1.87. The normalized spacial score (nSPS) is 16.9. The highest BCUT2D eigenvalue weighted by Crippen LogP contribution is 2.42. The molecule has 0 aliphatic carbocycles. The monoisotopic (exact) mass is 548 g/mol. The zero-order chi connectivity index (χ0) is 26.1. The molecule has 1 heterocycles. The zero-order valence-corrected chi connectivity index (χ0v) is 21.6. The Morgan fingerprint density at radius 2 is 1.61 bits per heavy atom. The van der Waals surface area contributed by atoms with Crippen LogP contribution in [0.1, 0.15) is 28.3 Å². The first-order valence-corrected chi connectivity index (χ1v) is 12.0. The highest BCUT2D eigenvalue weighted by atomic mass is 79.9. The molecule has 184 valence electrons. The Hall–Kier alpha value is -3.91. The molecular formula is C28H25BrN2O5. The fourth-order valence-corrected chi connectivity index (χ4v) is 4.51. The lowest BCUT2D eigenvalue weighted by molar-refractivity contribution is -0.136. The standard InChI is InChI=1S/C28H25BrN2O5/c1-16-14-19(8-13-22(16)29)26(34)24-25(18-6-11-20(12-7-18)30(2)3)31(28(36)27(24)35)21-9-4-17(5-10-21)15-23(32)33/h4-14,25,34H,15H2,1-3H3,(H,32,33)/b26-24-. The van der Waals surface area contributed by atoms with E-state index in [9.17, 15) is 19.5 Å². The summed E-state index contributed by atoms with van der Waals surface area (Å²) in [5, 5.41) is 20.4. The Kier molecular flexibility index (Phi) is 6.99. The molecule has 0 radical (unpaired) electrons. The molecule has 8 heteroatoms. The minimum atomic E-state index is -0.964. The minimum Gasteiger partial charge on any atom is -0.507 e. The summed E-state index contributed by atoms with van der Waals surface area (Å²) in [5.41, 5.74) is 3.89. The van der Waals surface area contributed by atoms with Crippen LogP contribution in [0.4, 0.5) is 11.4 Å². The summed E-state index contributed by atoms with van der Waals surface area (Å²) in [6.07, 6.45) is -0.155. The number of aliphatic hydroxyl groups excluding tert-OH is 1. The predicted octanol–water partition coefficient (Wildman–Crippen LogP) is 5.08. The average molecular weight is 549 g/mol. The second-order valence-electron chi connectivity index (χ2n) is 8.86. The van der Waals surface area contributed by atoms with Gasteiger partial charge in [-0.3, -0.25) is 19.3 Å². The molecule has 1 aliphatic heterocycles. The van der Waals surface area contributed by atoms with E-state index >= 15 is 0 Å². The van der Waals surface area contributed by atoms with Crippen LogP contribution < -0.4 is 9.80 Å². The third-order valence-electron chi connectivity index (χ3n) is 6.17. The maximum Gasteiger partial charge on any atom is 0.307 e. The van der Waals surface area contributed by atoms with Crippen LogP contribution in [-0.2, 0) is 20.8 Å². The van der Waals surface area contributed by atoms with Crippen molar-refractivity contribution >= 4 is 50.7 Å². The molecule has 1 aliphatic rings. The van der Waals surface area contributed by atoms with Gasteiger partial charge in [-0.1, -0.05) is 46.3 Å². The Labute approximate surface area is 217 Å². The number of aliphatic carboxylic acids is 1. The van der Waals surface area contributed by atoms with Crippen LogP contribution in [0.3, 0.4) is 0 Å². The van der Waals surface area contributed by atoms with E-state index in [0.29, 0.717) is 22.4 Å². The summed E-state index contributed by atoms with van der Waals surface area (Å²) >= 11 is 3.44. The van der Waals surface area contributed by atoms with Crippen LogP contribution in [0, 0.1) is 6.92 Å². The van der Waals surface area contributed by atoms with E-state index in [1.165, 1.54) is 4.90 Å². The lowest BCUT2D eigenvalue weighted by Crippen LogP contribution is -2.29. The number of rotatable bonds is 6. The Morgan fingerprint density at radius 1 is 0.972 bits per heavy atom. The van der Waals surface area contributed by atoms with Gasteiger partial charge in [0.15, 0.2) is 0 Å². The second-order valence-corrected chi connectivity index (χ2v) is 9.71. The van der Waals surface area contributed by atoms with E-state index in [1.807, 2.05) is 50.2 Å². The van der Waals surface area contributed by atoms with Crippen LogP contribution in [0.15, 0.2) is 76.8 Å². The highest BCUT2D eigenvalue weighted by molar-refractivity contribution is 9.10. The number of nitrogens with zero attached hydrogens (tertiary/aromatic N) is 2. The largest absolute Gasteiger partial charge is 0.507 e. The summed E-state index contributed by atoms with van der Waals surface area (Å²) < 4.78 is 0.858. The number of anilines is 2. The van der Waals surface area contributed by atoms with Crippen molar-refractivity contribution in [3.8, 4) is 0 Å². The molecule has 1 saturated heterocycles. The van der Waals surface area contributed by atoms with E-state index in [1.54, 1.807) is 42.5 Å². The molecule has 1 unspecified atom stereocenters. The summed E-state index contributed by atoms with van der Waals surface area (Å²) in [7, 11) is 3.82. The molecule has 1 amide bonds. The quantitative estimate of drug-likeness (QED) is 0.253. The Balaban J connectivity index is 1.88. The van der Waals surface area contributed by atoms with Gasteiger partial charge < -0.3 is 15.1 Å². The van der Waals surface area contributed by atoms with Crippen molar-refractivity contribution in [1.29, 1.82) is 0 Å². The maximum absolute atomic E-state index is 13.3. The van der Waals surface area contributed by atoms with Gasteiger partial charge in [-0.05, 0) is 60.0 Å². The number of carboxylic acids is 1. The molecule has 2 N–H and O–H groups in total. The Morgan fingerprint density at radius 3 is 2.17 bits per heavy atom. The molecule has 1 fully saturated rings. The average Bonchev–Trinajstić information content (AvgIpc) is 3.11.